The number of nitrogens with one attached hydrogen (secondary N) is 1. The Labute approximate surface area is 169 Å². The van der Waals surface area contributed by atoms with E-state index in [2.05, 4.69) is 5.10 Å². The molecular weight excluding hydrogens is 400 g/mol. The molecule has 142 valence electrons. The van der Waals surface area contributed by atoms with Crippen molar-refractivity contribution in [1.29, 1.82) is 10.7 Å². The predicted molar refractivity (Wildman–Crippen MR) is 106 cm³/mol. The molecule has 9 heteroatoms. The standard InChI is InChI=1S/C19H15ClN4O3S/c1-10(22)15(8-21)16(25)9-27-19(26)17-7-14-11(2)23-24(18(14)28-17)13-5-3-4-12(20)6-13/h3-7,15,22H,9H2,1-2H3/t15-/m0/s1. The van der Waals surface area contributed by atoms with Gasteiger partial charge in [-0.1, -0.05) is 17.7 Å². The number of ether oxygens (including phenoxy) is 1. The summed E-state index contributed by atoms with van der Waals surface area (Å²) in [5.41, 5.74) is 1.42. The number of nitrogens with zero attached hydrogens (tertiary/aromatic N) is 3. The van der Waals surface area contributed by atoms with Crippen LogP contribution in [0.1, 0.15) is 22.3 Å². The number of carbonyl (C=O) groups excluding carboxylic acids is 2. The van der Waals surface area contributed by atoms with Crippen molar-refractivity contribution in [2.45, 2.75) is 13.8 Å². The van der Waals surface area contributed by atoms with E-state index in [9.17, 15) is 9.59 Å². The molecule has 0 aliphatic heterocycles. The molecule has 1 atom stereocenters. The monoisotopic (exact) mass is 414 g/mol. The van der Waals surface area contributed by atoms with E-state index in [1.165, 1.54) is 18.3 Å². The van der Waals surface area contributed by atoms with E-state index in [-0.39, 0.29) is 5.71 Å². The minimum absolute atomic E-state index is 0.0809. The highest BCUT2D eigenvalue weighted by molar-refractivity contribution is 7.20. The Hall–Kier alpha value is -3.02. The molecule has 28 heavy (non-hydrogen) atoms. The summed E-state index contributed by atoms with van der Waals surface area (Å²) in [5, 5.41) is 22.2. The van der Waals surface area contributed by atoms with E-state index in [4.69, 9.17) is 27.0 Å². The lowest BCUT2D eigenvalue weighted by atomic mass is 10.0. The van der Waals surface area contributed by atoms with Gasteiger partial charge >= 0.3 is 5.97 Å². The lowest BCUT2D eigenvalue weighted by Gasteiger charge is -2.06. The van der Waals surface area contributed by atoms with Crippen LogP contribution in [0.4, 0.5) is 0 Å². The maximum atomic E-state index is 12.4. The number of aryl methyl sites for hydroxylation is 1. The van der Waals surface area contributed by atoms with Gasteiger partial charge in [-0.25, -0.2) is 9.48 Å². The van der Waals surface area contributed by atoms with Crippen LogP contribution in [0.2, 0.25) is 5.02 Å². The Bertz CT molecular complexity index is 1140. The fraction of sp³-hybridized carbons (Fsp3) is 0.211. The first-order valence-electron chi connectivity index (χ1n) is 8.21. The number of carbonyl (C=O) groups is 2. The van der Waals surface area contributed by atoms with Crippen molar-refractivity contribution in [3.8, 4) is 11.8 Å². The first-order valence-corrected chi connectivity index (χ1v) is 9.41. The molecule has 2 heterocycles. The van der Waals surface area contributed by atoms with Gasteiger partial charge in [0.2, 0.25) is 0 Å². The van der Waals surface area contributed by atoms with Gasteiger partial charge in [0.05, 0.1) is 17.5 Å². The molecule has 0 spiro atoms. The summed E-state index contributed by atoms with van der Waals surface area (Å²) in [6.45, 7) is 2.64. The second kappa shape index (κ2) is 7.92. The van der Waals surface area contributed by atoms with E-state index >= 15 is 0 Å². The Morgan fingerprint density at radius 2 is 2.18 bits per heavy atom. The number of thiophene rings is 1. The molecule has 3 rings (SSSR count). The van der Waals surface area contributed by atoms with Crippen molar-refractivity contribution >= 4 is 50.6 Å². The molecule has 0 aliphatic carbocycles. The molecule has 0 bridgehead atoms. The molecule has 0 fully saturated rings. The van der Waals surface area contributed by atoms with Crippen molar-refractivity contribution in [2.75, 3.05) is 6.61 Å². The third-order valence-electron chi connectivity index (χ3n) is 4.03. The minimum Gasteiger partial charge on any atom is -0.453 e. The summed E-state index contributed by atoms with van der Waals surface area (Å²) in [4.78, 5) is 25.4. The van der Waals surface area contributed by atoms with Crippen LogP contribution in [0, 0.1) is 29.6 Å². The molecular formula is C19H15ClN4O3S. The highest BCUT2D eigenvalue weighted by Crippen LogP contribution is 2.31. The second-order valence-corrected chi connectivity index (χ2v) is 7.56. The third kappa shape index (κ3) is 3.81. The quantitative estimate of drug-likeness (QED) is 0.485. The molecule has 0 saturated heterocycles. The third-order valence-corrected chi connectivity index (χ3v) is 5.35. The topological polar surface area (TPSA) is 109 Å². The summed E-state index contributed by atoms with van der Waals surface area (Å²) in [6.07, 6.45) is 0. The number of esters is 1. The fourth-order valence-electron chi connectivity index (χ4n) is 2.63. The van der Waals surface area contributed by atoms with Gasteiger partial charge in [-0.3, -0.25) is 4.79 Å². The van der Waals surface area contributed by atoms with Crippen LogP contribution in [-0.4, -0.2) is 33.9 Å². The molecule has 1 N–H and O–H groups in total. The van der Waals surface area contributed by atoms with Crippen LogP contribution in [0.15, 0.2) is 30.3 Å². The number of aromatic nitrogens is 2. The normalized spacial score (nSPS) is 11.8. The number of benzene rings is 1. The second-order valence-electron chi connectivity index (χ2n) is 6.09. The van der Waals surface area contributed by atoms with Crippen molar-refractivity contribution in [1.82, 2.24) is 9.78 Å². The summed E-state index contributed by atoms with van der Waals surface area (Å²) < 4.78 is 6.75. The summed E-state index contributed by atoms with van der Waals surface area (Å²) in [6, 6.07) is 10.6. The van der Waals surface area contributed by atoms with Gasteiger partial charge in [0.15, 0.2) is 12.4 Å². The number of hydrogen-bond donors (Lipinski definition) is 1. The summed E-state index contributed by atoms with van der Waals surface area (Å²) >= 11 is 7.25. The van der Waals surface area contributed by atoms with E-state index in [1.54, 1.807) is 29.0 Å². The largest absolute Gasteiger partial charge is 0.453 e. The summed E-state index contributed by atoms with van der Waals surface area (Å²) in [5.74, 6) is -2.48. The average Bonchev–Trinajstić information content (AvgIpc) is 3.21. The first kappa shape index (κ1) is 19.7. The average molecular weight is 415 g/mol. The molecule has 0 unspecified atom stereocenters. The highest BCUT2D eigenvalue weighted by Gasteiger charge is 2.23. The number of halogens is 1. The van der Waals surface area contributed by atoms with E-state index in [0.717, 1.165) is 21.6 Å². The van der Waals surface area contributed by atoms with E-state index in [1.807, 2.05) is 19.1 Å². The number of hydrogen-bond acceptors (Lipinski definition) is 7. The molecule has 3 aromatic rings. The van der Waals surface area contributed by atoms with Gasteiger partial charge in [-0.2, -0.15) is 10.4 Å². The number of fused-ring (bicyclic) bond motifs is 1. The molecule has 0 radical (unpaired) electrons. The Morgan fingerprint density at radius 3 is 2.82 bits per heavy atom. The van der Waals surface area contributed by atoms with Crippen LogP contribution in [0.25, 0.3) is 15.9 Å². The van der Waals surface area contributed by atoms with Gasteiger partial charge in [0.25, 0.3) is 0 Å². The maximum Gasteiger partial charge on any atom is 0.348 e. The SMILES string of the molecule is CC(=N)[C@H](C#N)C(=O)COC(=O)c1cc2c(C)nn(-c3cccc(Cl)c3)c2s1. The Balaban J connectivity index is 1.84. The van der Waals surface area contributed by atoms with Gasteiger partial charge in [-0.05, 0) is 38.1 Å². The van der Waals surface area contributed by atoms with Crippen LogP contribution in [0.5, 0.6) is 0 Å². The summed E-state index contributed by atoms with van der Waals surface area (Å²) in [7, 11) is 0. The zero-order valence-corrected chi connectivity index (χ0v) is 16.6. The van der Waals surface area contributed by atoms with Gasteiger partial charge < -0.3 is 10.1 Å². The zero-order valence-electron chi connectivity index (χ0n) is 15.0. The van der Waals surface area contributed by atoms with E-state index < -0.39 is 24.3 Å². The molecule has 0 aliphatic rings. The van der Waals surface area contributed by atoms with Gasteiger partial charge in [-0.15, -0.1) is 11.3 Å². The maximum absolute atomic E-state index is 12.4. The predicted octanol–water partition coefficient (Wildman–Crippen LogP) is 3.95. The number of nitriles is 1. The van der Waals surface area contributed by atoms with Gasteiger partial charge in [0.1, 0.15) is 15.6 Å². The molecule has 0 saturated carbocycles. The molecule has 0 amide bonds. The molecule has 7 nitrogen and oxygen atoms in total. The first-order chi connectivity index (χ1) is 13.3. The van der Waals surface area contributed by atoms with Crippen molar-refractivity contribution in [2.24, 2.45) is 5.92 Å². The van der Waals surface area contributed by atoms with Crippen LogP contribution in [0.3, 0.4) is 0 Å². The number of Topliss-reactive ketones (excluding diaryl/α,β-unsaturated/α-hetero) is 1. The van der Waals surface area contributed by atoms with Crippen molar-refractivity contribution in [3.05, 3.63) is 45.9 Å². The minimum atomic E-state index is -1.20. The van der Waals surface area contributed by atoms with Crippen LogP contribution >= 0.6 is 22.9 Å². The smallest absolute Gasteiger partial charge is 0.348 e. The molecule has 2 aromatic heterocycles. The fourth-order valence-corrected chi connectivity index (χ4v) is 3.89. The van der Waals surface area contributed by atoms with Crippen molar-refractivity contribution < 1.29 is 14.3 Å². The Kier molecular flexibility index (Phi) is 5.58. The Morgan fingerprint density at radius 1 is 1.43 bits per heavy atom. The van der Waals surface area contributed by atoms with Crippen LogP contribution < -0.4 is 0 Å². The van der Waals surface area contributed by atoms with Gasteiger partial charge in [0, 0.05) is 16.1 Å². The van der Waals surface area contributed by atoms with Crippen molar-refractivity contribution in [3.63, 3.8) is 0 Å². The number of rotatable bonds is 6. The highest BCUT2D eigenvalue weighted by atomic mass is 35.5. The zero-order chi connectivity index (χ0) is 20.4. The van der Waals surface area contributed by atoms with E-state index in [0.29, 0.717) is 9.90 Å². The lowest BCUT2D eigenvalue weighted by molar-refractivity contribution is -0.122. The lowest BCUT2D eigenvalue weighted by Crippen LogP contribution is -2.25. The molecule has 1 aromatic carbocycles. The van der Waals surface area contributed by atoms with Crippen LogP contribution in [-0.2, 0) is 9.53 Å². The number of ketones is 1.